The molecule has 0 radical (unpaired) electrons. The number of carbonyl (C=O) groups is 2. The van der Waals surface area contributed by atoms with Crippen molar-refractivity contribution in [2.75, 3.05) is 57.9 Å². The minimum atomic E-state index is -0.225. The molecule has 4 heterocycles. The number of carbonyl (C=O) groups excluding carboxylic acids is 2. The molecule has 1 aromatic carbocycles. The number of hydrogen-bond donors (Lipinski definition) is 1. The summed E-state index contributed by atoms with van der Waals surface area (Å²) in [4.78, 5) is 36.5. The fourth-order valence-corrected chi connectivity index (χ4v) is 5.73. The van der Waals surface area contributed by atoms with Crippen molar-refractivity contribution >= 4 is 29.9 Å². The number of ether oxygens (including phenoxy) is 1. The van der Waals surface area contributed by atoms with Gasteiger partial charge in [-0.05, 0) is 18.6 Å². The number of nitrogens with zero attached hydrogens (tertiary/aromatic N) is 4. The van der Waals surface area contributed by atoms with Crippen LogP contribution in [0.1, 0.15) is 30.7 Å². The van der Waals surface area contributed by atoms with Crippen molar-refractivity contribution in [3.8, 4) is 0 Å². The highest BCUT2D eigenvalue weighted by Crippen LogP contribution is 2.46. The molecule has 3 aliphatic rings. The molecule has 1 spiro atoms. The van der Waals surface area contributed by atoms with Gasteiger partial charge in [0.2, 0.25) is 11.8 Å². The summed E-state index contributed by atoms with van der Waals surface area (Å²) in [7, 11) is 1.71. The summed E-state index contributed by atoms with van der Waals surface area (Å²) in [5.74, 6) is 0.171. The number of likely N-dealkylation sites (tertiary alicyclic amines) is 1. The fourth-order valence-electron chi connectivity index (χ4n) is 5.73. The topological polar surface area (TPSA) is 78.0 Å². The van der Waals surface area contributed by atoms with Crippen molar-refractivity contribution in [1.29, 1.82) is 0 Å². The number of halogens is 1. The second kappa shape index (κ2) is 10.8. The molecule has 2 aromatic rings. The van der Waals surface area contributed by atoms with E-state index in [0.29, 0.717) is 45.2 Å². The molecule has 2 atom stereocenters. The second-order valence-electron chi connectivity index (χ2n) is 10.3. The Morgan fingerprint density at radius 3 is 2.64 bits per heavy atom. The zero-order valence-corrected chi connectivity index (χ0v) is 22.1. The Morgan fingerprint density at radius 2 is 1.94 bits per heavy atom. The first-order chi connectivity index (χ1) is 16.9. The Morgan fingerprint density at radius 1 is 1.19 bits per heavy atom. The lowest BCUT2D eigenvalue weighted by Gasteiger charge is -2.48. The van der Waals surface area contributed by atoms with E-state index in [1.165, 1.54) is 5.56 Å². The molecular weight excluding hydrogens is 478 g/mol. The monoisotopic (exact) mass is 513 g/mol. The number of rotatable bonds is 6. The van der Waals surface area contributed by atoms with Crippen LogP contribution in [0.3, 0.4) is 0 Å². The molecule has 3 aliphatic heterocycles. The quantitative estimate of drug-likeness (QED) is 0.635. The van der Waals surface area contributed by atoms with Crippen LogP contribution in [0, 0.1) is 0 Å². The van der Waals surface area contributed by atoms with E-state index in [1.54, 1.807) is 14.0 Å². The highest BCUT2D eigenvalue weighted by atomic mass is 35.5. The standard InChI is InChI=1S/C27H35N5O3.ClH/c1-19-13-30(23(11-28-19)15-35-3)14-26(34)32-18-27(16-31(17-27)20(2)33)24-12-29-22(10-25(24)32)9-21-7-5-4-6-8-21;/h4-8,10,12,19,23,28H,9,11,13-18H2,1-3H3;1H/t19-,23-;/m1./s1. The lowest BCUT2D eigenvalue weighted by Crippen LogP contribution is -2.63. The summed E-state index contributed by atoms with van der Waals surface area (Å²) in [6.45, 7) is 8.17. The molecule has 194 valence electrons. The molecule has 8 nitrogen and oxygen atoms in total. The number of aromatic nitrogens is 1. The molecule has 0 saturated carbocycles. The van der Waals surface area contributed by atoms with E-state index in [0.717, 1.165) is 30.0 Å². The molecular formula is C27H36ClN5O3. The van der Waals surface area contributed by atoms with Gasteiger partial charge in [0, 0.05) is 82.7 Å². The van der Waals surface area contributed by atoms with Gasteiger partial charge in [-0.1, -0.05) is 30.3 Å². The molecule has 0 bridgehead atoms. The minimum Gasteiger partial charge on any atom is -0.383 e. The lowest BCUT2D eigenvalue weighted by molar-refractivity contribution is -0.136. The van der Waals surface area contributed by atoms with Gasteiger partial charge in [0.05, 0.1) is 24.3 Å². The van der Waals surface area contributed by atoms with Gasteiger partial charge in [0.15, 0.2) is 0 Å². The Kier molecular flexibility index (Phi) is 7.99. The van der Waals surface area contributed by atoms with Gasteiger partial charge in [-0.3, -0.25) is 19.5 Å². The third-order valence-corrected chi connectivity index (χ3v) is 7.65. The molecule has 5 rings (SSSR count). The SMILES string of the molecule is COC[C@H]1CN[C@H](C)CN1CC(=O)N1CC2(CN(C(C)=O)C2)c2cnc(Cc3ccccc3)cc21.Cl. The largest absolute Gasteiger partial charge is 0.383 e. The van der Waals surface area contributed by atoms with Crippen molar-refractivity contribution < 1.29 is 14.3 Å². The molecule has 2 fully saturated rings. The van der Waals surface area contributed by atoms with Gasteiger partial charge in [0.25, 0.3) is 0 Å². The van der Waals surface area contributed by atoms with Crippen molar-refractivity contribution in [2.45, 2.75) is 37.8 Å². The maximum atomic E-state index is 13.8. The fraction of sp³-hybridized carbons (Fsp3) is 0.519. The number of piperazine rings is 1. The van der Waals surface area contributed by atoms with Crippen LogP contribution in [-0.4, -0.2) is 91.7 Å². The van der Waals surface area contributed by atoms with Crippen molar-refractivity contribution in [3.63, 3.8) is 0 Å². The molecule has 2 saturated heterocycles. The van der Waals surface area contributed by atoms with Crippen molar-refractivity contribution in [2.24, 2.45) is 0 Å². The van der Waals surface area contributed by atoms with Gasteiger partial charge in [-0.2, -0.15) is 0 Å². The number of nitrogens with one attached hydrogen (secondary N) is 1. The second-order valence-corrected chi connectivity index (χ2v) is 10.3. The van der Waals surface area contributed by atoms with E-state index in [4.69, 9.17) is 9.72 Å². The Hall–Kier alpha value is -2.52. The van der Waals surface area contributed by atoms with Gasteiger partial charge >= 0.3 is 0 Å². The average molecular weight is 514 g/mol. The molecule has 1 N–H and O–H groups in total. The predicted octanol–water partition coefficient (Wildman–Crippen LogP) is 1.85. The van der Waals surface area contributed by atoms with Gasteiger partial charge in [0.1, 0.15) is 0 Å². The van der Waals surface area contributed by atoms with Crippen LogP contribution in [0.25, 0.3) is 0 Å². The molecule has 9 heteroatoms. The third kappa shape index (κ3) is 5.13. The first-order valence-corrected chi connectivity index (χ1v) is 12.4. The zero-order valence-electron chi connectivity index (χ0n) is 21.3. The number of anilines is 1. The minimum absolute atomic E-state index is 0. The lowest BCUT2D eigenvalue weighted by atomic mass is 9.76. The molecule has 0 aliphatic carbocycles. The molecule has 1 aromatic heterocycles. The smallest absolute Gasteiger partial charge is 0.241 e. The highest BCUT2D eigenvalue weighted by Gasteiger charge is 2.53. The number of amides is 2. The van der Waals surface area contributed by atoms with Crippen molar-refractivity contribution in [1.82, 2.24) is 20.1 Å². The number of pyridine rings is 1. The summed E-state index contributed by atoms with van der Waals surface area (Å²) < 4.78 is 5.42. The van der Waals surface area contributed by atoms with Crippen LogP contribution >= 0.6 is 12.4 Å². The third-order valence-electron chi connectivity index (χ3n) is 7.65. The molecule has 0 unspecified atom stereocenters. The van der Waals surface area contributed by atoms with Crippen molar-refractivity contribution in [3.05, 3.63) is 59.4 Å². The van der Waals surface area contributed by atoms with Crippen LogP contribution in [0.15, 0.2) is 42.6 Å². The van der Waals surface area contributed by atoms with E-state index >= 15 is 0 Å². The normalized spacial score (nSPS) is 22.6. The maximum absolute atomic E-state index is 13.8. The highest BCUT2D eigenvalue weighted by molar-refractivity contribution is 5.98. The Balaban J connectivity index is 0.00000304. The van der Waals surface area contributed by atoms with Gasteiger partial charge in [-0.25, -0.2) is 0 Å². The summed E-state index contributed by atoms with van der Waals surface area (Å²) in [6.07, 6.45) is 2.66. The predicted molar refractivity (Wildman–Crippen MR) is 142 cm³/mol. The van der Waals surface area contributed by atoms with Gasteiger partial charge in [-0.15, -0.1) is 12.4 Å². The number of hydrogen-bond acceptors (Lipinski definition) is 6. The van der Waals surface area contributed by atoms with Crippen LogP contribution in [0.4, 0.5) is 5.69 Å². The number of fused-ring (bicyclic) bond motifs is 2. The first kappa shape index (κ1) is 26.5. The Labute approximate surface area is 219 Å². The number of methoxy groups -OCH3 is 1. The number of benzene rings is 1. The van der Waals surface area contributed by atoms with E-state index < -0.39 is 0 Å². The zero-order chi connectivity index (χ0) is 24.6. The van der Waals surface area contributed by atoms with Crippen LogP contribution in [0.2, 0.25) is 0 Å². The van der Waals surface area contributed by atoms with Crippen LogP contribution in [0.5, 0.6) is 0 Å². The molecule has 2 amide bonds. The van der Waals surface area contributed by atoms with Gasteiger partial charge < -0.3 is 19.9 Å². The maximum Gasteiger partial charge on any atom is 0.241 e. The van der Waals surface area contributed by atoms with E-state index in [2.05, 4.69) is 35.3 Å². The van der Waals surface area contributed by atoms with E-state index in [9.17, 15) is 9.59 Å². The average Bonchev–Trinajstić information content (AvgIpc) is 3.16. The molecule has 36 heavy (non-hydrogen) atoms. The van der Waals surface area contributed by atoms with Crippen LogP contribution < -0.4 is 10.2 Å². The Bertz CT molecular complexity index is 1090. The van der Waals surface area contributed by atoms with E-state index in [-0.39, 0.29) is 35.7 Å². The van der Waals surface area contributed by atoms with Crippen LogP contribution in [-0.2, 0) is 26.2 Å². The summed E-state index contributed by atoms with van der Waals surface area (Å²) in [5.41, 5.74) is 3.94. The van der Waals surface area contributed by atoms with E-state index in [1.807, 2.05) is 34.2 Å². The summed E-state index contributed by atoms with van der Waals surface area (Å²) in [6, 6.07) is 12.8. The summed E-state index contributed by atoms with van der Waals surface area (Å²) >= 11 is 0. The summed E-state index contributed by atoms with van der Waals surface area (Å²) in [5, 5.41) is 3.49. The first-order valence-electron chi connectivity index (χ1n) is 12.4.